The van der Waals surface area contributed by atoms with Crippen LogP contribution in [0.1, 0.15) is 36.4 Å². The number of carbonyl (C=O) groups is 1. The predicted octanol–water partition coefficient (Wildman–Crippen LogP) is 2.77. The number of nitrogens with one attached hydrogen (secondary N) is 1. The number of aliphatic hydroxyl groups is 1. The smallest absolute Gasteiger partial charge is 0.287 e. The number of benzene rings is 1. The van der Waals surface area contributed by atoms with Crippen molar-refractivity contribution in [1.82, 2.24) is 5.32 Å². The molecule has 0 saturated carbocycles. The van der Waals surface area contributed by atoms with E-state index in [0.717, 1.165) is 0 Å². The van der Waals surface area contributed by atoms with E-state index in [-0.39, 0.29) is 18.2 Å². The Morgan fingerprint density at radius 2 is 2.20 bits per heavy atom. The maximum Gasteiger partial charge on any atom is 0.287 e. The van der Waals surface area contributed by atoms with E-state index in [1.807, 2.05) is 6.92 Å². The van der Waals surface area contributed by atoms with Crippen molar-refractivity contribution in [1.29, 1.82) is 0 Å². The van der Waals surface area contributed by atoms with Gasteiger partial charge in [-0.25, -0.2) is 4.39 Å². The first-order valence-electron chi connectivity index (χ1n) is 6.52. The monoisotopic (exact) mass is 279 g/mol. The van der Waals surface area contributed by atoms with Gasteiger partial charge in [0.25, 0.3) is 5.91 Å². The number of aliphatic hydroxyl groups excluding tert-OH is 1. The average Bonchev–Trinajstić information content (AvgIpc) is 2.76. The molecule has 0 bridgehead atoms. The number of rotatable bonds is 4. The SMILES string of the molecule is CCC(C)(CO)NC(=O)c1oc2ccc(F)cc2c1C. The lowest BCUT2D eigenvalue weighted by Gasteiger charge is -2.26. The highest BCUT2D eigenvalue weighted by Crippen LogP contribution is 2.26. The molecule has 1 atom stereocenters. The highest BCUT2D eigenvalue weighted by molar-refractivity contribution is 5.99. The van der Waals surface area contributed by atoms with E-state index in [2.05, 4.69) is 5.32 Å². The molecule has 1 aromatic heterocycles. The molecule has 20 heavy (non-hydrogen) atoms. The summed E-state index contributed by atoms with van der Waals surface area (Å²) in [6.07, 6.45) is 0.586. The van der Waals surface area contributed by atoms with Gasteiger partial charge in [0.05, 0.1) is 12.1 Å². The Morgan fingerprint density at radius 1 is 1.50 bits per heavy atom. The van der Waals surface area contributed by atoms with Gasteiger partial charge in [-0.05, 0) is 38.5 Å². The Morgan fingerprint density at radius 3 is 2.80 bits per heavy atom. The second kappa shape index (κ2) is 5.25. The van der Waals surface area contributed by atoms with Crippen LogP contribution in [0.2, 0.25) is 0 Å². The highest BCUT2D eigenvalue weighted by Gasteiger charge is 2.27. The lowest BCUT2D eigenvalue weighted by atomic mass is 10.00. The summed E-state index contributed by atoms with van der Waals surface area (Å²) in [5.41, 5.74) is 0.359. The Labute approximate surface area is 116 Å². The van der Waals surface area contributed by atoms with Crippen molar-refractivity contribution in [2.24, 2.45) is 0 Å². The second-order valence-electron chi connectivity index (χ2n) is 5.22. The minimum atomic E-state index is -0.701. The van der Waals surface area contributed by atoms with E-state index in [9.17, 15) is 14.3 Å². The summed E-state index contributed by atoms with van der Waals surface area (Å²) in [7, 11) is 0. The molecule has 0 aliphatic rings. The van der Waals surface area contributed by atoms with E-state index in [4.69, 9.17) is 4.42 Å². The molecular formula is C15H18FNO3. The molecule has 0 saturated heterocycles. The molecule has 2 aromatic rings. The molecular weight excluding hydrogens is 261 g/mol. The first kappa shape index (κ1) is 14.5. The largest absolute Gasteiger partial charge is 0.451 e. The van der Waals surface area contributed by atoms with Crippen LogP contribution < -0.4 is 5.32 Å². The standard InChI is InChI=1S/C15H18FNO3/c1-4-15(3,8-18)17-14(19)13-9(2)11-7-10(16)5-6-12(11)20-13/h5-7,18H,4,8H2,1-3H3,(H,17,19). The summed E-state index contributed by atoms with van der Waals surface area (Å²) in [4.78, 5) is 12.2. The summed E-state index contributed by atoms with van der Waals surface area (Å²) in [6, 6.07) is 4.13. The van der Waals surface area contributed by atoms with Crippen LogP contribution in [0.5, 0.6) is 0 Å². The molecule has 2 N–H and O–H groups in total. The maximum atomic E-state index is 13.2. The van der Waals surface area contributed by atoms with Gasteiger partial charge in [0.2, 0.25) is 0 Å². The molecule has 1 heterocycles. The Kier molecular flexibility index (Phi) is 3.81. The van der Waals surface area contributed by atoms with Crippen LogP contribution in [0.4, 0.5) is 4.39 Å². The second-order valence-corrected chi connectivity index (χ2v) is 5.22. The van der Waals surface area contributed by atoms with E-state index in [1.165, 1.54) is 18.2 Å². The number of aryl methyl sites for hydroxylation is 1. The number of amides is 1. The lowest BCUT2D eigenvalue weighted by molar-refractivity contribution is 0.0821. The number of halogens is 1. The molecule has 0 spiro atoms. The van der Waals surface area contributed by atoms with E-state index < -0.39 is 11.4 Å². The van der Waals surface area contributed by atoms with Gasteiger partial charge in [-0.2, -0.15) is 0 Å². The molecule has 0 fully saturated rings. The minimum absolute atomic E-state index is 0.152. The Balaban J connectivity index is 2.38. The average molecular weight is 279 g/mol. The van der Waals surface area contributed by atoms with Gasteiger partial charge < -0.3 is 14.8 Å². The van der Waals surface area contributed by atoms with E-state index >= 15 is 0 Å². The van der Waals surface area contributed by atoms with Gasteiger partial charge in [0.15, 0.2) is 5.76 Å². The number of fused-ring (bicyclic) bond motifs is 1. The fraction of sp³-hybridized carbons (Fsp3) is 0.400. The quantitative estimate of drug-likeness (QED) is 0.904. The van der Waals surface area contributed by atoms with Crippen LogP contribution >= 0.6 is 0 Å². The summed E-state index contributed by atoms with van der Waals surface area (Å²) >= 11 is 0. The van der Waals surface area contributed by atoms with E-state index in [0.29, 0.717) is 23.0 Å². The van der Waals surface area contributed by atoms with Crippen molar-refractivity contribution in [3.05, 3.63) is 35.3 Å². The molecule has 0 radical (unpaired) electrons. The molecule has 5 heteroatoms. The molecule has 0 aliphatic carbocycles. The maximum absolute atomic E-state index is 13.2. The number of furan rings is 1. The molecule has 0 aliphatic heterocycles. The normalized spacial score (nSPS) is 14.2. The molecule has 1 aromatic carbocycles. The molecule has 4 nitrogen and oxygen atoms in total. The van der Waals surface area contributed by atoms with Crippen molar-refractivity contribution >= 4 is 16.9 Å². The van der Waals surface area contributed by atoms with Crippen molar-refractivity contribution in [3.8, 4) is 0 Å². The van der Waals surface area contributed by atoms with Crippen molar-refractivity contribution in [2.75, 3.05) is 6.61 Å². The zero-order valence-electron chi connectivity index (χ0n) is 11.8. The van der Waals surface area contributed by atoms with Gasteiger partial charge in [0.1, 0.15) is 11.4 Å². The first-order chi connectivity index (χ1) is 9.40. The summed E-state index contributed by atoms with van der Waals surface area (Å²) in [6.45, 7) is 5.17. The van der Waals surface area contributed by atoms with Crippen LogP contribution in [0.25, 0.3) is 11.0 Å². The Hall–Kier alpha value is -1.88. The predicted molar refractivity (Wildman–Crippen MR) is 74.2 cm³/mol. The minimum Gasteiger partial charge on any atom is -0.451 e. The van der Waals surface area contributed by atoms with Crippen LogP contribution in [0.15, 0.2) is 22.6 Å². The lowest BCUT2D eigenvalue weighted by Crippen LogP contribution is -2.48. The third-order valence-corrected chi connectivity index (χ3v) is 3.65. The fourth-order valence-electron chi connectivity index (χ4n) is 1.98. The van der Waals surface area contributed by atoms with Crippen LogP contribution in [-0.2, 0) is 0 Å². The molecule has 1 unspecified atom stereocenters. The van der Waals surface area contributed by atoms with Gasteiger partial charge in [0, 0.05) is 10.9 Å². The summed E-state index contributed by atoms with van der Waals surface area (Å²) in [5.74, 6) is -0.627. The molecule has 2 rings (SSSR count). The fourth-order valence-corrected chi connectivity index (χ4v) is 1.98. The molecule has 1 amide bonds. The summed E-state index contributed by atoms with van der Waals surface area (Å²) < 4.78 is 18.7. The highest BCUT2D eigenvalue weighted by atomic mass is 19.1. The van der Waals surface area contributed by atoms with Crippen LogP contribution in [0, 0.1) is 12.7 Å². The van der Waals surface area contributed by atoms with Gasteiger partial charge >= 0.3 is 0 Å². The van der Waals surface area contributed by atoms with Gasteiger partial charge in [-0.15, -0.1) is 0 Å². The molecule has 108 valence electrons. The van der Waals surface area contributed by atoms with Crippen molar-refractivity contribution in [3.63, 3.8) is 0 Å². The topological polar surface area (TPSA) is 62.5 Å². The van der Waals surface area contributed by atoms with Crippen LogP contribution in [-0.4, -0.2) is 23.2 Å². The Bertz CT molecular complexity index is 644. The van der Waals surface area contributed by atoms with Crippen LogP contribution in [0.3, 0.4) is 0 Å². The third kappa shape index (κ3) is 2.54. The van der Waals surface area contributed by atoms with E-state index in [1.54, 1.807) is 13.8 Å². The number of hydrogen-bond acceptors (Lipinski definition) is 3. The number of carbonyl (C=O) groups excluding carboxylic acids is 1. The zero-order chi connectivity index (χ0) is 14.9. The third-order valence-electron chi connectivity index (χ3n) is 3.65. The van der Waals surface area contributed by atoms with Gasteiger partial charge in [-0.3, -0.25) is 4.79 Å². The first-order valence-corrected chi connectivity index (χ1v) is 6.52. The van der Waals surface area contributed by atoms with Gasteiger partial charge in [-0.1, -0.05) is 6.92 Å². The summed E-state index contributed by atoms with van der Waals surface area (Å²) in [5, 5.41) is 12.7. The zero-order valence-corrected chi connectivity index (χ0v) is 11.8. The number of hydrogen-bond donors (Lipinski definition) is 2. The van der Waals surface area contributed by atoms with Crippen molar-refractivity contribution < 1.29 is 18.7 Å². The van der Waals surface area contributed by atoms with Crippen molar-refractivity contribution in [2.45, 2.75) is 32.7 Å².